The number of nitrogens with zero attached hydrogens (tertiary/aromatic N) is 2. The smallest absolute Gasteiger partial charge is 0.387 e. The molecule has 0 aliphatic carbocycles. The van der Waals surface area contributed by atoms with Crippen molar-refractivity contribution in [3.63, 3.8) is 0 Å². The Morgan fingerprint density at radius 2 is 1.67 bits per heavy atom. The first kappa shape index (κ1) is 18.5. The van der Waals surface area contributed by atoms with Gasteiger partial charge in [0.2, 0.25) is 0 Å². The number of hydrogen-bond acceptors (Lipinski definition) is 7. The van der Waals surface area contributed by atoms with Crippen molar-refractivity contribution in [2.75, 3.05) is 7.11 Å². The van der Waals surface area contributed by atoms with Gasteiger partial charge in [0.1, 0.15) is 11.4 Å². The summed E-state index contributed by atoms with van der Waals surface area (Å²) >= 11 is 1.67. The summed E-state index contributed by atoms with van der Waals surface area (Å²) in [6.45, 7) is 4.14. The monoisotopic (exact) mass is 370 g/mol. The fraction of sp³-hybridized carbons (Fsp3) is 0.200. The standard InChI is InChI=1S/C15H15N2OS.ClHO4/c1-10-8-11(2)17-14(9-19-15(17)16-10)12-4-6-13(18-3)7-5-12;2-1(3,4)5/h4-9H,1-3H3;(H,2,3,4,5)/q+1;/p-1. The molecule has 0 amide bonds. The van der Waals surface area contributed by atoms with Gasteiger partial charge < -0.3 is 4.74 Å². The van der Waals surface area contributed by atoms with Crippen LogP contribution in [0.1, 0.15) is 11.4 Å². The molecule has 0 N–H and O–H groups in total. The summed E-state index contributed by atoms with van der Waals surface area (Å²) in [7, 11) is -3.26. The summed E-state index contributed by atoms with van der Waals surface area (Å²) in [6, 6.07) is 10.2. The van der Waals surface area contributed by atoms with Gasteiger partial charge in [-0.3, -0.25) is 0 Å². The van der Waals surface area contributed by atoms with E-state index < -0.39 is 10.2 Å². The summed E-state index contributed by atoms with van der Waals surface area (Å²) in [5.41, 5.74) is 4.61. The number of aromatic nitrogens is 2. The molecule has 0 saturated heterocycles. The molecular formula is C15H15ClN2O5S. The van der Waals surface area contributed by atoms with Crippen LogP contribution < -0.4 is 27.8 Å². The molecule has 0 bridgehead atoms. The maximum Gasteiger partial charge on any atom is 0.387 e. The molecule has 3 rings (SSSR count). The maximum absolute atomic E-state index is 8.49. The molecule has 1 aromatic carbocycles. The van der Waals surface area contributed by atoms with Gasteiger partial charge in [-0.1, -0.05) is 0 Å². The van der Waals surface area contributed by atoms with E-state index in [9.17, 15) is 0 Å². The van der Waals surface area contributed by atoms with Gasteiger partial charge in [0.25, 0.3) is 0 Å². The van der Waals surface area contributed by atoms with E-state index in [1.807, 2.05) is 19.1 Å². The maximum atomic E-state index is 8.49. The lowest BCUT2D eigenvalue weighted by molar-refractivity contribution is -2.00. The van der Waals surface area contributed by atoms with Crippen LogP contribution in [0.5, 0.6) is 5.75 Å². The molecule has 128 valence electrons. The second kappa shape index (κ2) is 7.39. The summed E-state index contributed by atoms with van der Waals surface area (Å²) in [5.74, 6) is 0.874. The summed E-state index contributed by atoms with van der Waals surface area (Å²) in [4.78, 5) is 5.60. The molecule has 0 aliphatic heterocycles. The number of hydrogen-bond donors (Lipinski definition) is 0. The van der Waals surface area contributed by atoms with E-state index >= 15 is 0 Å². The number of fused-ring (bicyclic) bond motifs is 1. The van der Waals surface area contributed by atoms with E-state index in [4.69, 9.17) is 23.4 Å². The Balaban J connectivity index is 0.000000368. The van der Waals surface area contributed by atoms with E-state index in [2.05, 4.69) is 39.9 Å². The lowest BCUT2D eigenvalue weighted by atomic mass is 10.1. The van der Waals surface area contributed by atoms with Crippen molar-refractivity contribution < 1.29 is 38.0 Å². The number of ether oxygens (including phenoxy) is 1. The highest BCUT2D eigenvalue weighted by atomic mass is 35.7. The Morgan fingerprint density at radius 3 is 2.21 bits per heavy atom. The molecular weight excluding hydrogens is 356 g/mol. The van der Waals surface area contributed by atoms with Gasteiger partial charge in [-0.15, -0.1) is 10.2 Å². The Morgan fingerprint density at radius 1 is 1.08 bits per heavy atom. The second-order valence-corrected chi connectivity index (χ2v) is 6.48. The SMILES string of the molecule is COc1ccc(-c2csc3nc(C)cc(C)[n+]23)cc1.[O-][Cl+3]([O-])([O-])[O-]. The number of thiazole rings is 1. The lowest BCUT2D eigenvalue weighted by Crippen LogP contribution is -2.68. The minimum Gasteiger partial charge on any atom is -0.497 e. The van der Waals surface area contributed by atoms with Crippen molar-refractivity contribution in [1.82, 2.24) is 4.98 Å². The van der Waals surface area contributed by atoms with Gasteiger partial charge >= 0.3 is 4.96 Å². The van der Waals surface area contributed by atoms with Crippen LogP contribution in [0.15, 0.2) is 35.7 Å². The third kappa shape index (κ3) is 4.84. The summed E-state index contributed by atoms with van der Waals surface area (Å²) in [5, 5.41) is 2.15. The van der Waals surface area contributed by atoms with Gasteiger partial charge in [0.05, 0.1) is 7.11 Å². The first-order valence-electron chi connectivity index (χ1n) is 6.72. The van der Waals surface area contributed by atoms with Crippen LogP contribution in [0.25, 0.3) is 16.2 Å². The van der Waals surface area contributed by atoms with E-state index in [0.29, 0.717) is 0 Å². The Hall–Kier alpha value is -1.81. The highest BCUT2D eigenvalue weighted by Gasteiger charge is 2.17. The predicted octanol–water partition coefficient (Wildman–Crippen LogP) is -1.58. The van der Waals surface area contributed by atoms with Crippen molar-refractivity contribution in [3.05, 3.63) is 47.1 Å². The lowest BCUT2D eigenvalue weighted by Gasteiger charge is -2.17. The molecule has 2 aromatic heterocycles. The van der Waals surface area contributed by atoms with E-state index in [1.165, 1.54) is 17.0 Å². The number of methoxy groups -OCH3 is 1. The third-order valence-corrected chi connectivity index (χ3v) is 3.96. The fourth-order valence-electron chi connectivity index (χ4n) is 2.24. The van der Waals surface area contributed by atoms with Gasteiger partial charge in [-0.25, -0.2) is 18.6 Å². The van der Waals surface area contributed by atoms with Crippen molar-refractivity contribution in [3.8, 4) is 17.0 Å². The van der Waals surface area contributed by atoms with E-state index in [1.54, 1.807) is 18.4 Å². The first-order valence-corrected chi connectivity index (χ1v) is 8.84. The van der Waals surface area contributed by atoms with Crippen LogP contribution in [0.4, 0.5) is 0 Å². The zero-order valence-electron chi connectivity index (χ0n) is 13.2. The minimum absolute atomic E-state index is 0.874. The molecule has 0 fully saturated rings. The first-order chi connectivity index (χ1) is 11.2. The molecule has 0 radical (unpaired) electrons. The number of halogens is 1. The number of aryl methyl sites for hydroxylation is 2. The minimum atomic E-state index is -4.94. The highest BCUT2D eigenvalue weighted by Crippen LogP contribution is 2.23. The van der Waals surface area contributed by atoms with Crippen LogP contribution in [0.3, 0.4) is 0 Å². The average Bonchev–Trinajstić information content (AvgIpc) is 2.89. The van der Waals surface area contributed by atoms with E-state index in [0.717, 1.165) is 16.4 Å². The summed E-state index contributed by atoms with van der Waals surface area (Å²) in [6.07, 6.45) is 0. The van der Waals surface area contributed by atoms with Crippen LogP contribution in [-0.4, -0.2) is 12.1 Å². The number of rotatable bonds is 2. The summed E-state index contributed by atoms with van der Waals surface area (Å²) < 4.78 is 41.4. The zero-order valence-corrected chi connectivity index (χ0v) is 14.8. The Kier molecular flexibility index (Phi) is 5.70. The fourth-order valence-corrected chi connectivity index (χ4v) is 3.25. The predicted molar refractivity (Wildman–Crippen MR) is 76.7 cm³/mol. The van der Waals surface area contributed by atoms with Crippen LogP contribution in [0, 0.1) is 24.1 Å². The molecule has 7 nitrogen and oxygen atoms in total. The van der Waals surface area contributed by atoms with Crippen molar-refractivity contribution in [2.24, 2.45) is 0 Å². The quantitative estimate of drug-likeness (QED) is 0.502. The average molecular weight is 371 g/mol. The second-order valence-electron chi connectivity index (χ2n) is 4.88. The molecule has 0 unspecified atom stereocenters. The molecule has 24 heavy (non-hydrogen) atoms. The molecule has 0 spiro atoms. The third-order valence-electron chi connectivity index (χ3n) is 3.14. The Bertz CT molecular complexity index is 824. The molecule has 2 heterocycles. The molecule has 0 aliphatic rings. The van der Waals surface area contributed by atoms with Crippen molar-refractivity contribution >= 4 is 16.3 Å². The van der Waals surface area contributed by atoms with Gasteiger partial charge in [0.15, 0.2) is 11.4 Å². The normalized spacial score (nSPS) is 11.1. The van der Waals surface area contributed by atoms with Crippen LogP contribution in [0.2, 0.25) is 0 Å². The van der Waals surface area contributed by atoms with Crippen LogP contribution in [-0.2, 0) is 0 Å². The van der Waals surface area contributed by atoms with Gasteiger partial charge in [0, 0.05) is 23.9 Å². The van der Waals surface area contributed by atoms with E-state index in [-0.39, 0.29) is 0 Å². The zero-order chi connectivity index (χ0) is 17.9. The molecule has 0 atom stereocenters. The topological polar surface area (TPSA) is 118 Å². The molecule has 9 heteroatoms. The van der Waals surface area contributed by atoms with Gasteiger partial charge in [-0.05, 0) is 47.5 Å². The van der Waals surface area contributed by atoms with Gasteiger partial charge in [-0.2, -0.15) is 4.40 Å². The van der Waals surface area contributed by atoms with Crippen molar-refractivity contribution in [2.45, 2.75) is 13.8 Å². The highest BCUT2D eigenvalue weighted by molar-refractivity contribution is 7.14. The van der Waals surface area contributed by atoms with Crippen LogP contribution >= 0.6 is 11.3 Å². The molecule has 3 aromatic rings. The molecule has 0 saturated carbocycles. The number of benzene rings is 1. The largest absolute Gasteiger partial charge is 0.497 e. The Labute approximate surface area is 144 Å². The van der Waals surface area contributed by atoms with Crippen molar-refractivity contribution in [1.29, 1.82) is 0 Å².